The molecule has 15 heavy (non-hydrogen) atoms. The average molecular weight is 226 g/mol. The van der Waals surface area contributed by atoms with Gasteiger partial charge < -0.3 is 4.43 Å². The molecule has 86 valence electrons. The fraction of sp³-hybridized carbons (Fsp3) is 0.750. The monoisotopic (exact) mass is 226 g/mol. The second-order valence-electron chi connectivity index (χ2n) is 4.98. The minimum atomic E-state index is -1.85. The van der Waals surface area contributed by atoms with Crippen molar-refractivity contribution < 1.29 is 9.22 Å². The Labute approximate surface area is 93.8 Å². The maximum atomic E-state index is 10.9. The molecule has 1 aliphatic heterocycles. The van der Waals surface area contributed by atoms with Crippen LogP contribution in [0.2, 0.25) is 11.1 Å². The van der Waals surface area contributed by atoms with Crippen molar-refractivity contribution in [1.29, 1.82) is 0 Å². The number of hydrogen-bond donors (Lipinski definition) is 0. The van der Waals surface area contributed by atoms with Gasteiger partial charge in [0.25, 0.3) is 0 Å². The van der Waals surface area contributed by atoms with E-state index in [1.54, 1.807) is 0 Å². The molecule has 0 bridgehead atoms. The second-order valence-corrected chi connectivity index (χ2v) is 9.77. The number of hydrogen-bond acceptors (Lipinski definition) is 2. The molecular weight excluding hydrogens is 204 g/mol. The zero-order chi connectivity index (χ0) is 11.6. The third-order valence-electron chi connectivity index (χ3n) is 3.53. The smallest absolute Gasteiger partial charge is 0.225 e. The van der Waals surface area contributed by atoms with E-state index in [1.807, 2.05) is 6.92 Å². The molecule has 0 N–H and O–H groups in total. The average Bonchev–Trinajstić information content (AvgIpc) is 2.61. The molecule has 0 aromatic rings. The standard InChI is InChI=1S/C12H22O2Si/c1-9(2)15(10(3)4)12(6-7-14-15)11(5)8-13/h8-10H,6-7H2,1-5H3/b12-11+. The summed E-state index contributed by atoms with van der Waals surface area (Å²) in [6.45, 7) is 11.7. The van der Waals surface area contributed by atoms with Crippen LogP contribution in [-0.4, -0.2) is 21.2 Å². The van der Waals surface area contributed by atoms with Gasteiger partial charge >= 0.3 is 0 Å². The summed E-state index contributed by atoms with van der Waals surface area (Å²) in [5.41, 5.74) is 2.01. The van der Waals surface area contributed by atoms with E-state index >= 15 is 0 Å². The topological polar surface area (TPSA) is 26.3 Å². The minimum Gasteiger partial charge on any atom is -0.412 e. The van der Waals surface area contributed by atoms with Crippen molar-refractivity contribution in [3.63, 3.8) is 0 Å². The van der Waals surface area contributed by atoms with Gasteiger partial charge in [-0.15, -0.1) is 0 Å². The third-order valence-corrected chi connectivity index (χ3v) is 9.23. The number of carbonyl (C=O) groups excluding carboxylic acids is 1. The van der Waals surface area contributed by atoms with Crippen LogP contribution in [0.1, 0.15) is 41.0 Å². The predicted octanol–water partition coefficient (Wildman–Crippen LogP) is 3.23. The van der Waals surface area contributed by atoms with Gasteiger partial charge in [-0.1, -0.05) is 27.7 Å². The van der Waals surface area contributed by atoms with Gasteiger partial charge in [0, 0.05) is 6.61 Å². The highest BCUT2D eigenvalue weighted by molar-refractivity contribution is 6.84. The maximum absolute atomic E-state index is 10.9. The molecular formula is C12H22O2Si. The van der Waals surface area contributed by atoms with E-state index in [4.69, 9.17) is 4.43 Å². The SMILES string of the molecule is C/C(C=O)=C1/CCO[Si]1(C(C)C)C(C)C. The summed E-state index contributed by atoms with van der Waals surface area (Å²) in [4.78, 5) is 10.9. The van der Waals surface area contributed by atoms with Gasteiger partial charge in [-0.05, 0) is 35.2 Å². The molecule has 3 heteroatoms. The van der Waals surface area contributed by atoms with Gasteiger partial charge in [-0.25, -0.2) is 0 Å². The van der Waals surface area contributed by atoms with Crippen molar-refractivity contribution in [3.05, 3.63) is 10.8 Å². The first kappa shape index (κ1) is 12.7. The maximum Gasteiger partial charge on any atom is 0.225 e. The Kier molecular flexibility index (Phi) is 3.90. The first-order valence-electron chi connectivity index (χ1n) is 5.76. The van der Waals surface area contributed by atoms with Crippen molar-refractivity contribution in [2.45, 2.75) is 52.1 Å². The summed E-state index contributed by atoms with van der Waals surface area (Å²) < 4.78 is 6.12. The van der Waals surface area contributed by atoms with Crippen molar-refractivity contribution in [2.75, 3.05) is 6.61 Å². The highest BCUT2D eigenvalue weighted by Gasteiger charge is 2.49. The number of allylic oxidation sites excluding steroid dienone is 1. The summed E-state index contributed by atoms with van der Waals surface area (Å²) in [6.07, 6.45) is 1.96. The summed E-state index contributed by atoms with van der Waals surface area (Å²) in [6, 6.07) is 0. The van der Waals surface area contributed by atoms with Crippen molar-refractivity contribution in [3.8, 4) is 0 Å². The Morgan fingerprint density at radius 2 is 1.87 bits per heavy atom. The van der Waals surface area contributed by atoms with E-state index < -0.39 is 8.32 Å². The summed E-state index contributed by atoms with van der Waals surface area (Å²) >= 11 is 0. The van der Waals surface area contributed by atoms with E-state index in [0.29, 0.717) is 11.1 Å². The zero-order valence-electron chi connectivity index (χ0n) is 10.5. The van der Waals surface area contributed by atoms with Crippen molar-refractivity contribution in [2.24, 2.45) is 0 Å². The molecule has 0 aromatic carbocycles. The Morgan fingerprint density at radius 1 is 1.33 bits per heavy atom. The molecule has 0 aliphatic carbocycles. The van der Waals surface area contributed by atoms with Crippen molar-refractivity contribution in [1.82, 2.24) is 0 Å². The molecule has 0 aromatic heterocycles. The van der Waals surface area contributed by atoms with Gasteiger partial charge in [0.2, 0.25) is 8.32 Å². The predicted molar refractivity (Wildman–Crippen MR) is 65.3 cm³/mol. The fourth-order valence-electron chi connectivity index (χ4n) is 2.88. The summed E-state index contributed by atoms with van der Waals surface area (Å²) in [5, 5.41) is 1.35. The van der Waals surface area contributed by atoms with Crippen LogP contribution in [0.5, 0.6) is 0 Å². The molecule has 1 fully saturated rings. The van der Waals surface area contributed by atoms with E-state index in [2.05, 4.69) is 27.7 Å². The molecule has 0 spiro atoms. The van der Waals surface area contributed by atoms with Gasteiger partial charge in [0.15, 0.2) is 0 Å². The van der Waals surface area contributed by atoms with Crippen LogP contribution in [0.3, 0.4) is 0 Å². The molecule has 0 radical (unpaired) electrons. The summed E-state index contributed by atoms with van der Waals surface area (Å²) in [7, 11) is -1.85. The van der Waals surface area contributed by atoms with Crippen molar-refractivity contribution >= 4 is 14.6 Å². The molecule has 0 atom stereocenters. The highest BCUT2D eigenvalue weighted by Crippen LogP contribution is 2.45. The Balaban J connectivity index is 3.23. The Morgan fingerprint density at radius 3 is 2.27 bits per heavy atom. The molecule has 1 heterocycles. The highest BCUT2D eigenvalue weighted by atomic mass is 28.4. The molecule has 1 rings (SSSR count). The largest absolute Gasteiger partial charge is 0.412 e. The van der Waals surface area contributed by atoms with Crippen LogP contribution in [0.15, 0.2) is 10.8 Å². The second kappa shape index (κ2) is 4.62. The third kappa shape index (κ3) is 1.95. The fourth-order valence-corrected chi connectivity index (χ4v) is 8.05. The first-order chi connectivity index (χ1) is 6.96. The lowest BCUT2D eigenvalue weighted by atomic mass is 10.2. The van der Waals surface area contributed by atoms with E-state index in [9.17, 15) is 4.79 Å². The normalized spacial score (nSPS) is 23.7. The van der Waals surface area contributed by atoms with E-state index in [0.717, 1.165) is 24.9 Å². The molecule has 0 unspecified atom stereocenters. The van der Waals surface area contributed by atoms with E-state index in [1.165, 1.54) is 5.20 Å². The first-order valence-corrected chi connectivity index (χ1v) is 7.82. The lowest BCUT2D eigenvalue weighted by molar-refractivity contribution is -0.104. The minimum absolute atomic E-state index is 0.546. The Hall–Kier alpha value is -0.413. The number of aldehydes is 1. The summed E-state index contributed by atoms with van der Waals surface area (Å²) in [5.74, 6) is 0. The van der Waals surface area contributed by atoms with Crippen LogP contribution < -0.4 is 0 Å². The molecule has 1 saturated heterocycles. The molecule has 0 amide bonds. The Bertz CT molecular complexity index is 271. The molecule has 1 aliphatic rings. The van der Waals surface area contributed by atoms with Crippen LogP contribution in [0, 0.1) is 0 Å². The van der Waals surface area contributed by atoms with E-state index in [-0.39, 0.29) is 0 Å². The van der Waals surface area contributed by atoms with Crippen LogP contribution in [0.4, 0.5) is 0 Å². The van der Waals surface area contributed by atoms with Gasteiger partial charge in [-0.2, -0.15) is 0 Å². The number of carbonyl (C=O) groups is 1. The van der Waals surface area contributed by atoms with Gasteiger partial charge in [0.1, 0.15) is 6.29 Å². The van der Waals surface area contributed by atoms with Crippen LogP contribution in [0.25, 0.3) is 0 Å². The van der Waals surface area contributed by atoms with Crippen LogP contribution in [-0.2, 0) is 9.22 Å². The molecule has 2 nitrogen and oxygen atoms in total. The van der Waals surface area contributed by atoms with Gasteiger partial charge in [0.05, 0.1) is 0 Å². The van der Waals surface area contributed by atoms with Crippen LogP contribution >= 0.6 is 0 Å². The molecule has 0 saturated carbocycles. The zero-order valence-corrected chi connectivity index (χ0v) is 11.5. The lowest BCUT2D eigenvalue weighted by Gasteiger charge is -2.35. The quantitative estimate of drug-likeness (QED) is 0.419. The lowest BCUT2D eigenvalue weighted by Crippen LogP contribution is -2.43. The number of rotatable bonds is 3. The van der Waals surface area contributed by atoms with Gasteiger partial charge in [-0.3, -0.25) is 4.79 Å².